The Labute approximate surface area is 157 Å². The standard InChI is InChI=1S/C14H22N4O5S3/c1-25(20,21)18-5-2-10(3-6-18)8-15-13(19)17-14-16-11-4-7-26(22,23)9-12(11)24-14/h10H,2-9H2,1H3,(H2,15,16,17,19). The summed E-state index contributed by atoms with van der Waals surface area (Å²) in [5, 5.41) is 5.84. The van der Waals surface area contributed by atoms with Crippen molar-refractivity contribution in [3.63, 3.8) is 0 Å². The molecule has 0 radical (unpaired) electrons. The number of aryl methyl sites for hydroxylation is 1. The van der Waals surface area contributed by atoms with E-state index in [2.05, 4.69) is 15.6 Å². The molecule has 12 heteroatoms. The number of thiazole rings is 1. The number of aromatic nitrogens is 1. The number of urea groups is 1. The number of nitrogens with zero attached hydrogens (tertiary/aromatic N) is 2. The predicted molar refractivity (Wildman–Crippen MR) is 99.5 cm³/mol. The van der Waals surface area contributed by atoms with E-state index in [0.717, 1.165) is 5.69 Å². The van der Waals surface area contributed by atoms with Crippen LogP contribution in [0.2, 0.25) is 0 Å². The molecular formula is C14H22N4O5S3. The highest BCUT2D eigenvalue weighted by Gasteiger charge is 2.26. The number of amides is 2. The fraction of sp³-hybridized carbons (Fsp3) is 0.714. The molecule has 1 aromatic heterocycles. The molecular weight excluding hydrogens is 400 g/mol. The van der Waals surface area contributed by atoms with Crippen molar-refractivity contribution in [1.82, 2.24) is 14.6 Å². The SMILES string of the molecule is CS(=O)(=O)N1CCC(CNC(=O)Nc2nc3c(s2)CS(=O)(=O)CC3)CC1. The van der Waals surface area contributed by atoms with Crippen LogP contribution in [0.25, 0.3) is 0 Å². The lowest BCUT2D eigenvalue weighted by molar-refractivity contribution is 0.241. The van der Waals surface area contributed by atoms with Crippen molar-refractivity contribution in [2.75, 3.05) is 37.0 Å². The van der Waals surface area contributed by atoms with Gasteiger partial charge in [-0.15, -0.1) is 11.3 Å². The number of sulfone groups is 1. The van der Waals surface area contributed by atoms with Crippen LogP contribution in [0.3, 0.4) is 0 Å². The van der Waals surface area contributed by atoms with Crippen LogP contribution >= 0.6 is 11.3 Å². The monoisotopic (exact) mass is 422 g/mol. The molecule has 1 aromatic rings. The van der Waals surface area contributed by atoms with Gasteiger partial charge in [0, 0.05) is 30.9 Å². The van der Waals surface area contributed by atoms with Gasteiger partial charge in [-0.3, -0.25) is 5.32 Å². The number of nitrogens with one attached hydrogen (secondary N) is 2. The molecule has 146 valence electrons. The normalized spacial score (nSPS) is 21.1. The van der Waals surface area contributed by atoms with Crippen molar-refractivity contribution in [2.24, 2.45) is 5.92 Å². The van der Waals surface area contributed by atoms with Gasteiger partial charge >= 0.3 is 6.03 Å². The number of carbonyl (C=O) groups excluding carboxylic acids is 1. The third kappa shape index (κ3) is 4.93. The first-order valence-electron chi connectivity index (χ1n) is 8.31. The highest BCUT2D eigenvalue weighted by Crippen LogP contribution is 2.29. The summed E-state index contributed by atoms with van der Waals surface area (Å²) in [5.74, 6) is 0.317. The molecule has 26 heavy (non-hydrogen) atoms. The van der Waals surface area contributed by atoms with Crippen molar-refractivity contribution in [2.45, 2.75) is 25.0 Å². The molecule has 0 bridgehead atoms. The van der Waals surface area contributed by atoms with E-state index >= 15 is 0 Å². The van der Waals surface area contributed by atoms with Crippen molar-refractivity contribution < 1.29 is 21.6 Å². The maximum absolute atomic E-state index is 12.0. The fourth-order valence-electron chi connectivity index (χ4n) is 3.09. The summed E-state index contributed by atoms with van der Waals surface area (Å²) in [5.41, 5.74) is 0.744. The van der Waals surface area contributed by atoms with Crippen LogP contribution in [0.1, 0.15) is 23.4 Å². The first-order chi connectivity index (χ1) is 12.1. The van der Waals surface area contributed by atoms with Crippen LogP contribution in [-0.4, -0.2) is 63.8 Å². The Balaban J connectivity index is 1.46. The van der Waals surface area contributed by atoms with E-state index in [9.17, 15) is 21.6 Å². The Morgan fingerprint density at radius 3 is 2.69 bits per heavy atom. The number of sulfonamides is 1. The van der Waals surface area contributed by atoms with E-state index in [1.165, 1.54) is 21.9 Å². The fourth-order valence-corrected chi connectivity index (χ4v) is 6.75. The molecule has 2 aliphatic heterocycles. The van der Waals surface area contributed by atoms with Gasteiger partial charge in [0.05, 0.1) is 23.5 Å². The van der Waals surface area contributed by atoms with E-state index in [4.69, 9.17) is 0 Å². The van der Waals surface area contributed by atoms with Crippen LogP contribution < -0.4 is 10.6 Å². The van der Waals surface area contributed by atoms with Gasteiger partial charge < -0.3 is 5.32 Å². The number of anilines is 1. The Bertz CT molecular complexity index is 886. The van der Waals surface area contributed by atoms with Crippen LogP contribution in [-0.2, 0) is 32.0 Å². The second-order valence-corrected chi connectivity index (χ2v) is 11.9. The number of piperidine rings is 1. The maximum atomic E-state index is 12.0. The molecule has 9 nitrogen and oxygen atoms in total. The topological polar surface area (TPSA) is 126 Å². The molecule has 0 atom stereocenters. The van der Waals surface area contributed by atoms with Crippen molar-refractivity contribution >= 4 is 42.4 Å². The summed E-state index contributed by atoms with van der Waals surface area (Å²) < 4.78 is 47.7. The molecule has 0 aliphatic carbocycles. The van der Waals surface area contributed by atoms with Gasteiger partial charge in [-0.1, -0.05) is 0 Å². The van der Waals surface area contributed by atoms with Gasteiger partial charge in [-0.25, -0.2) is 30.9 Å². The van der Waals surface area contributed by atoms with Crippen LogP contribution in [0, 0.1) is 5.92 Å². The molecule has 0 spiro atoms. The molecule has 3 rings (SSSR count). The van der Waals surface area contributed by atoms with Crippen LogP contribution in [0.5, 0.6) is 0 Å². The van der Waals surface area contributed by atoms with Crippen LogP contribution in [0.4, 0.5) is 9.93 Å². The number of fused-ring (bicyclic) bond motifs is 1. The highest BCUT2D eigenvalue weighted by atomic mass is 32.2. The van der Waals surface area contributed by atoms with Gasteiger partial charge in [-0.2, -0.15) is 0 Å². The first kappa shape index (κ1) is 19.5. The van der Waals surface area contributed by atoms with Crippen molar-refractivity contribution in [1.29, 1.82) is 0 Å². The lowest BCUT2D eigenvalue weighted by Crippen LogP contribution is -2.41. The zero-order valence-corrected chi connectivity index (χ0v) is 16.8. The zero-order valence-electron chi connectivity index (χ0n) is 14.4. The summed E-state index contributed by atoms with van der Waals surface area (Å²) in [7, 11) is -6.20. The van der Waals surface area contributed by atoms with Gasteiger partial charge in [0.2, 0.25) is 10.0 Å². The molecule has 0 aromatic carbocycles. The number of hydrogen-bond donors (Lipinski definition) is 2. The van der Waals surface area contributed by atoms with Gasteiger partial charge in [0.1, 0.15) is 0 Å². The van der Waals surface area contributed by atoms with E-state index in [-0.39, 0.29) is 23.5 Å². The average Bonchev–Trinajstić information content (AvgIpc) is 2.92. The number of hydrogen-bond acceptors (Lipinski definition) is 7. The van der Waals surface area contributed by atoms with E-state index < -0.39 is 19.9 Å². The third-order valence-corrected chi connectivity index (χ3v) is 8.65. The van der Waals surface area contributed by atoms with E-state index in [1.807, 2.05) is 0 Å². The molecule has 2 N–H and O–H groups in total. The van der Waals surface area contributed by atoms with Crippen LogP contribution in [0.15, 0.2) is 0 Å². The minimum Gasteiger partial charge on any atom is -0.338 e. The van der Waals surface area contributed by atoms with E-state index in [0.29, 0.717) is 48.9 Å². The number of carbonyl (C=O) groups is 1. The Kier molecular flexibility index (Phi) is 5.56. The minimum absolute atomic E-state index is 0.0117. The lowest BCUT2D eigenvalue weighted by Gasteiger charge is -2.30. The van der Waals surface area contributed by atoms with Crippen molar-refractivity contribution in [3.05, 3.63) is 10.6 Å². The van der Waals surface area contributed by atoms with Gasteiger partial charge in [0.15, 0.2) is 15.0 Å². The van der Waals surface area contributed by atoms with Gasteiger partial charge in [0.25, 0.3) is 0 Å². The molecule has 2 amide bonds. The third-order valence-electron chi connectivity index (χ3n) is 4.59. The quantitative estimate of drug-likeness (QED) is 0.724. The predicted octanol–water partition coefficient (Wildman–Crippen LogP) is 0.407. The Morgan fingerprint density at radius 2 is 2.04 bits per heavy atom. The second kappa shape index (κ2) is 7.41. The Hall–Kier alpha value is -1.24. The summed E-state index contributed by atoms with van der Waals surface area (Å²) in [6.45, 7) is 1.41. The smallest absolute Gasteiger partial charge is 0.321 e. The molecule has 0 saturated carbocycles. The average molecular weight is 423 g/mol. The largest absolute Gasteiger partial charge is 0.338 e. The van der Waals surface area contributed by atoms with Gasteiger partial charge in [-0.05, 0) is 18.8 Å². The summed E-state index contributed by atoms with van der Waals surface area (Å²) in [6.07, 6.45) is 3.00. The molecule has 2 aliphatic rings. The Morgan fingerprint density at radius 1 is 1.35 bits per heavy atom. The lowest BCUT2D eigenvalue weighted by atomic mass is 9.98. The molecule has 3 heterocycles. The second-order valence-electron chi connectivity index (χ2n) is 6.67. The molecule has 0 unspecified atom stereocenters. The first-order valence-corrected chi connectivity index (χ1v) is 12.8. The van der Waals surface area contributed by atoms with Crippen molar-refractivity contribution in [3.8, 4) is 0 Å². The zero-order chi connectivity index (χ0) is 18.9. The summed E-state index contributed by atoms with van der Waals surface area (Å²) in [4.78, 5) is 17.0. The minimum atomic E-state index is -3.15. The maximum Gasteiger partial charge on any atom is 0.321 e. The molecule has 1 fully saturated rings. The number of rotatable bonds is 4. The molecule has 1 saturated heterocycles. The highest BCUT2D eigenvalue weighted by molar-refractivity contribution is 7.90. The van der Waals surface area contributed by atoms with E-state index in [1.54, 1.807) is 0 Å². The summed E-state index contributed by atoms with van der Waals surface area (Å²) >= 11 is 1.19. The summed E-state index contributed by atoms with van der Waals surface area (Å²) in [6, 6.07) is -0.385.